The molecule has 0 aliphatic heterocycles. The zero-order valence-electron chi connectivity index (χ0n) is 16.1. The van der Waals surface area contributed by atoms with Crippen LogP contribution >= 0.6 is 0 Å². The van der Waals surface area contributed by atoms with Gasteiger partial charge in [0.2, 0.25) is 11.8 Å². The van der Waals surface area contributed by atoms with Crippen LogP contribution in [0.2, 0.25) is 0 Å². The predicted molar refractivity (Wildman–Crippen MR) is 104 cm³/mol. The molecule has 2 N–H and O–H groups in total. The minimum absolute atomic E-state index is 0.145. The van der Waals surface area contributed by atoms with E-state index in [4.69, 9.17) is 9.47 Å². The van der Waals surface area contributed by atoms with Gasteiger partial charge in [-0.3, -0.25) is 9.59 Å². The van der Waals surface area contributed by atoms with Gasteiger partial charge >= 0.3 is 0 Å². The summed E-state index contributed by atoms with van der Waals surface area (Å²) < 4.78 is 10.6. The molecule has 2 amide bonds. The molecule has 2 rings (SSSR count). The fourth-order valence-corrected chi connectivity index (χ4v) is 2.92. The molecule has 0 aromatic heterocycles. The minimum atomic E-state index is -0.381. The average molecular weight is 370 g/mol. The Labute approximate surface area is 159 Å². The van der Waals surface area contributed by atoms with Gasteiger partial charge in [-0.05, 0) is 24.6 Å². The molecule has 0 aliphatic rings. The van der Waals surface area contributed by atoms with Crippen molar-refractivity contribution in [3.05, 3.63) is 59.7 Å². The lowest BCUT2D eigenvalue weighted by Crippen LogP contribution is -2.33. The second kappa shape index (κ2) is 9.62. The van der Waals surface area contributed by atoms with Crippen molar-refractivity contribution in [2.45, 2.75) is 32.4 Å². The maximum absolute atomic E-state index is 12.6. The van der Waals surface area contributed by atoms with Crippen LogP contribution in [0.1, 0.15) is 43.5 Å². The van der Waals surface area contributed by atoms with Crippen molar-refractivity contribution in [3.8, 4) is 11.5 Å². The molecule has 2 aromatic carbocycles. The largest absolute Gasteiger partial charge is 0.497 e. The zero-order chi connectivity index (χ0) is 19.8. The third-order valence-corrected chi connectivity index (χ3v) is 4.25. The van der Waals surface area contributed by atoms with Crippen molar-refractivity contribution in [1.29, 1.82) is 0 Å². The Bertz CT molecular complexity index is 777. The van der Waals surface area contributed by atoms with Crippen molar-refractivity contribution < 1.29 is 19.1 Å². The summed E-state index contributed by atoms with van der Waals surface area (Å²) in [7, 11) is 3.17. The summed E-state index contributed by atoms with van der Waals surface area (Å²) in [6.45, 7) is 3.33. The van der Waals surface area contributed by atoms with E-state index in [2.05, 4.69) is 10.6 Å². The van der Waals surface area contributed by atoms with E-state index in [1.54, 1.807) is 20.3 Å². The Balaban J connectivity index is 2.09. The molecule has 6 nitrogen and oxygen atoms in total. The van der Waals surface area contributed by atoms with Gasteiger partial charge in [-0.2, -0.15) is 0 Å². The van der Waals surface area contributed by atoms with Crippen LogP contribution in [0.3, 0.4) is 0 Å². The lowest BCUT2D eigenvalue weighted by atomic mass is 10.0. The molecule has 0 saturated carbocycles. The summed E-state index contributed by atoms with van der Waals surface area (Å²) in [4.78, 5) is 24.1. The van der Waals surface area contributed by atoms with Crippen LogP contribution in [0.4, 0.5) is 0 Å². The van der Waals surface area contributed by atoms with Crippen molar-refractivity contribution in [2.24, 2.45) is 0 Å². The van der Waals surface area contributed by atoms with Crippen molar-refractivity contribution in [1.82, 2.24) is 10.6 Å². The summed E-state index contributed by atoms with van der Waals surface area (Å²) >= 11 is 0. The first-order chi connectivity index (χ1) is 12.9. The molecule has 2 atom stereocenters. The maximum atomic E-state index is 12.6. The van der Waals surface area contributed by atoms with Crippen molar-refractivity contribution >= 4 is 11.8 Å². The molecule has 0 aliphatic carbocycles. The number of carbonyl (C=O) groups is 2. The first-order valence-electron chi connectivity index (χ1n) is 8.78. The number of methoxy groups -OCH3 is 2. The lowest BCUT2D eigenvalue weighted by molar-refractivity contribution is -0.123. The third-order valence-electron chi connectivity index (χ3n) is 4.25. The Kier molecular flexibility index (Phi) is 7.23. The van der Waals surface area contributed by atoms with Gasteiger partial charge in [0.05, 0.1) is 32.7 Å². The smallest absolute Gasteiger partial charge is 0.222 e. The van der Waals surface area contributed by atoms with E-state index in [1.807, 2.05) is 49.4 Å². The summed E-state index contributed by atoms with van der Waals surface area (Å²) in [6, 6.07) is 14.3. The molecule has 144 valence electrons. The van der Waals surface area contributed by atoms with Crippen LogP contribution in [0.5, 0.6) is 11.5 Å². The monoisotopic (exact) mass is 370 g/mol. The number of carbonyl (C=O) groups excluding carboxylic acids is 2. The molecule has 0 fully saturated rings. The standard InChI is InChI=1S/C21H26N2O4/c1-14(18-11-10-17(26-3)12-20(18)27-4)22-21(25)13-19(23-15(2)24)16-8-6-5-7-9-16/h5-12,14,19H,13H2,1-4H3,(H,22,25)(H,23,24). The van der Waals surface area contributed by atoms with E-state index in [-0.39, 0.29) is 30.3 Å². The quantitative estimate of drug-likeness (QED) is 0.748. The second-order valence-corrected chi connectivity index (χ2v) is 6.26. The van der Waals surface area contributed by atoms with Crippen LogP contribution in [-0.4, -0.2) is 26.0 Å². The molecule has 2 unspecified atom stereocenters. The van der Waals surface area contributed by atoms with E-state index in [0.29, 0.717) is 11.5 Å². The molecule has 6 heteroatoms. The van der Waals surface area contributed by atoms with Crippen LogP contribution in [0, 0.1) is 0 Å². The summed E-state index contributed by atoms with van der Waals surface area (Å²) in [5.74, 6) is 0.983. The van der Waals surface area contributed by atoms with Crippen molar-refractivity contribution in [2.75, 3.05) is 14.2 Å². The fourth-order valence-electron chi connectivity index (χ4n) is 2.92. The van der Waals surface area contributed by atoms with Gasteiger partial charge in [-0.15, -0.1) is 0 Å². The molecular weight excluding hydrogens is 344 g/mol. The summed E-state index contributed by atoms with van der Waals surface area (Å²) in [5, 5.41) is 5.81. The van der Waals surface area contributed by atoms with Crippen LogP contribution in [0.25, 0.3) is 0 Å². The Hall–Kier alpha value is -3.02. The minimum Gasteiger partial charge on any atom is -0.497 e. The number of hydrogen-bond acceptors (Lipinski definition) is 4. The average Bonchev–Trinajstić information content (AvgIpc) is 2.67. The van der Waals surface area contributed by atoms with Gasteiger partial charge in [0.1, 0.15) is 11.5 Å². The van der Waals surface area contributed by atoms with E-state index in [9.17, 15) is 9.59 Å². The Morgan fingerprint density at radius 1 is 1.00 bits per heavy atom. The predicted octanol–water partition coefficient (Wildman–Crippen LogP) is 3.15. The highest BCUT2D eigenvalue weighted by molar-refractivity contribution is 5.79. The zero-order valence-corrected chi connectivity index (χ0v) is 16.1. The highest BCUT2D eigenvalue weighted by atomic mass is 16.5. The first-order valence-corrected chi connectivity index (χ1v) is 8.78. The SMILES string of the molecule is COc1ccc(C(C)NC(=O)CC(NC(C)=O)c2ccccc2)c(OC)c1. The molecule has 0 saturated heterocycles. The van der Waals surface area contributed by atoms with Gasteiger partial charge in [0.25, 0.3) is 0 Å². The molecule has 0 radical (unpaired) electrons. The number of nitrogens with one attached hydrogen (secondary N) is 2. The van der Waals surface area contributed by atoms with E-state index >= 15 is 0 Å². The Morgan fingerprint density at radius 2 is 1.70 bits per heavy atom. The summed E-state index contributed by atoms with van der Waals surface area (Å²) in [6.07, 6.45) is 0.145. The van der Waals surface area contributed by atoms with Gasteiger partial charge in [0.15, 0.2) is 0 Å². The third kappa shape index (κ3) is 5.74. The fraction of sp³-hybridized carbons (Fsp3) is 0.333. The molecule has 2 aromatic rings. The van der Waals surface area contributed by atoms with Gasteiger partial charge in [-0.25, -0.2) is 0 Å². The van der Waals surface area contributed by atoms with Crippen LogP contribution in [-0.2, 0) is 9.59 Å². The highest BCUT2D eigenvalue weighted by Gasteiger charge is 2.20. The van der Waals surface area contributed by atoms with Crippen molar-refractivity contribution in [3.63, 3.8) is 0 Å². The number of rotatable bonds is 8. The molecule has 27 heavy (non-hydrogen) atoms. The highest BCUT2D eigenvalue weighted by Crippen LogP contribution is 2.29. The topological polar surface area (TPSA) is 76.7 Å². The van der Waals surface area contributed by atoms with Crippen LogP contribution < -0.4 is 20.1 Å². The molecule has 0 spiro atoms. The number of hydrogen-bond donors (Lipinski definition) is 2. The number of amides is 2. The molecular formula is C21H26N2O4. The first kappa shape index (κ1) is 20.3. The lowest BCUT2D eigenvalue weighted by Gasteiger charge is -2.21. The number of benzene rings is 2. The van der Waals surface area contributed by atoms with Gasteiger partial charge in [0, 0.05) is 18.6 Å². The maximum Gasteiger partial charge on any atom is 0.222 e. The number of ether oxygens (including phenoxy) is 2. The second-order valence-electron chi connectivity index (χ2n) is 6.26. The van der Waals surface area contributed by atoms with E-state index < -0.39 is 0 Å². The molecule has 0 heterocycles. The normalized spacial score (nSPS) is 12.6. The van der Waals surface area contributed by atoms with Gasteiger partial charge < -0.3 is 20.1 Å². The summed E-state index contributed by atoms with van der Waals surface area (Å²) in [5.41, 5.74) is 1.74. The van der Waals surface area contributed by atoms with Gasteiger partial charge in [-0.1, -0.05) is 30.3 Å². The molecule has 0 bridgehead atoms. The van der Waals surface area contributed by atoms with E-state index in [1.165, 1.54) is 6.92 Å². The Morgan fingerprint density at radius 3 is 2.30 bits per heavy atom. The van der Waals surface area contributed by atoms with E-state index in [0.717, 1.165) is 11.1 Å². The van der Waals surface area contributed by atoms with Crippen LogP contribution in [0.15, 0.2) is 48.5 Å².